The number of hydrogen-bond acceptors (Lipinski definition) is 3. The highest BCUT2D eigenvalue weighted by molar-refractivity contribution is 6.30. The molecule has 3 N–H and O–H groups in total. The monoisotopic (exact) mass is 379 g/mol. The van der Waals surface area contributed by atoms with Crippen LogP contribution < -0.4 is 20.9 Å². The van der Waals surface area contributed by atoms with Crippen LogP contribution in [0.1, 0.15) is 27.2 Å². The van der Waals surface area contributed by atoms with E-state index in [2.05, 4.69) is 31.9 Å². The van der Waals surface area contributed by atoms with E-state index in [-0.39, 0.29) is 11.8 Å². The predicted octanol–water partition coefficient (Wildman–Crippen LogP) is 2.25. The zero-order valence-corrected chi connectivity index (χ0v) is 16.6. The number of amides is 1. The Labute approximate surface area is 161 Å². The molecule has 26 heavy (non-hydrogen) atoms. The van der Waals surface area contributed by atoms with Crippen LogP contribution >= 0.6 is 11.6 Å². The normalized spacial score (nSPS) is 17.5. The number of aliphatic imine (C=N–C) groups is 1. The lowest BCUT2D eigenvalue weighted by atomic mass is 10.2. The van der Waals surface area contributed by atoms with Crippen LogP contribution in [0, 0.1) is 5.92 Å². The van der Waals surface area contributed by atoms with E-state index < -0.39 is 0 Å². The first-order valence-corrected chi connectivity index (χ1v) is 9.70. The van der Waals surface area contributed by atoms with Crippen LogP contribution in [0.2, 0.25) is 5.02 Å². The van der Waals surface area contributed by atoms with E-state index in [1.165, 1.54) is 0 Å². The van der Waals surface area contributed by atoms with Gasteiger partial charge in [-0.25, -0.2) is 0 Å². The third kappa shape index (κ3) is 6.41. The summed E-state index contributed by atoms with van der Waals surface area (Å²) >= 11 is 6.10. The van der Waals surface area contributed by atoms with Gasteiger partial charge in [0.1, 0.15) is 0 Å². The van der Waals surface area contributed by atoms with Crippen LogP contribution in [-0.2, 0) is 4.79 Å². The molecule has 1 aromatic carbocycles. The third-order valence-corrected chi connectivity index (χ3v) is 4.49. The van der Waals surface area contributed by atoms with Crippen LogP contribution in [-0.4, -0.2) is 50.6 Å². The fourth-order valence-corrected chi connectivity index (χ4v) is 3.03. The molecule has 2 rings (SSSR count). The molecule has 1 saturated heterocycles. The number of halogens is 1. The highest BCUT2D eigenvalue weighted by Crippen LogP contribution is 2.23. The highest BCUT2D eigenvalue weighted by atomic mass is 35.5. The van der Waals surface area contributed by atoms with Gasteiger partial charge in [-0.1, -0.05) is 31.5 Å². The second kappa shape index (κ2) is 10.3. The molecule has 0 saturated carbocycles. The van der Waals surface area contributed by atoms with Gasteiger partial charge in [0.25, 0.3) is 0 Å². The maximum Gasteiger partial charge on any atom is 0.222 e. The van der Waals surface area contributed by atoms with Crippen LogP contribution in [0.25, 0.3) is 0 Å². The average Bonchev–Trinajstić information content (AvgIpc) is 3.07. The number of carbonyl (C=O) groups is 1. The molecule has 1 amide bonds. The zero-order valence-electron chi connectivity index (χ0n) is 15.9. The summed E-state index contributed by atoms with van der Waals surface area (Å²) in [4.78, 5) is 18.5. The molecule has 1 atom stereocenters. The molecule has 6 nitrogen and oxygen atoms in total. The Morgan fingerprint density at radius 2 is 2.19 bits per heavy atom. The zero-order chi connectivity index (χ0) is 18.9. The lowest BCUT2D eigenvalue weighted by Gasteiger charge is -2.20. The maximum atomic E-state index is 11.6. The minimum absolute atomic E-state index is 0.00121. The summed E-state index contributed by atoms with van der Waals surface area (Å²) in [5, 5.41) is 10.4. The Morgan fingerprint density at radius 1 is 1.38 bits per heavy atom. The molecular formula is C19H30ClN5O. The minimum atomic E-state index is 0.00121. The molecule has 7 heteroatoms. The van der Waals surface area contributed by atoms with Crippen LogP contribution in [0.5, 0.6) is 0 Å². The summed E-state index contributed by atoms with van der Waals surface area (Å²) in [6.07, 6.45) is 1.04. The van der Waals surface area contributed by atoms with Crippen molar-refractivity contribution < 1.29 is 4.79 Å². The summed E-state index contributed by atoms with van der Waals surface area (Å²) in [6.45, 7) is 9.62. The second-order valence-corrected chi connectivity index (χ2v) is 7.20. The molecule has 0 aliphatic carbocycles. The maximum absolute atomic E-state index is 11.6. The highest BCUT2D eigenvalue weighted by Gasteiger charge is 2.23. The molecule has 1 fully saturated rings. The molecule has 0 bridgehead atoms. The fraction of sp³-hybridized carbons (Fsp3) is 0.579. The molecule has 1 unspecified atom stereocenters. The molecule has 0 spiro atoms. The number of carbonyl (C=O) groups excluding carboxylic acids is 1. The molecule has 1 heterocycles. The van der Waals surface area contributed by atoms with Crippen molar-refractivity contribution in [3.8, 4) is 0 Å². The van der Waals surface area contributed by atoms with Crippen LogP contribution in [0.15, 0.2) is 29.3 Å². The van der Waals surface area contributed by atoms with Crippen molar-refractivity contribution in [3.05, 3.63) is 29.3 Å². The topological polar surface area (TPSA) is 68.8 Å². The van der Waals surface area contributed by atoms with E-state index in [9.17, 15) is 4.79 Å². The van der Waals surface area contributed by atoms with E-state index in [1.807, 2.05) is 39.0 Å². The van der Waals surface area contributed by atoms with Gasteiger partial charge in [0.2, 0.25) is 5.91 Å². The van der Waals surface area contributed by atoms with Gasteiger partial charge in [-0.05, 0) is 31.5 Å². The van der Waals surface area contributed by atoms with Crippen LogP contribution in [0.3, 0.4) is 0 Å². The number of guanidine groups is 1. The first-order valence-electron chi connectivity index (χ1n) is 9.32. The summed E-state index contributed by atoms with van der Waals surface area (Å²) in [5.74, 6) is 0.858. The van der Waals surface area contributed by atoms with Crippen molar-refractivity contribution in [1.82, 2.24) is 16.0 Å². The van der Waals surface area contributed by atoms with E-state index in [1.54, 1.807) is 0 Å². The smallest absolute Gasteiger partial charge is 0.222 e. The third-order valence-electron chi connectivity index (χ3n) is 4.25. The van der Waals surface area contributed by atoms with Crippen molar-refractivity contribution in [2.45, 2.75) is 33.2 Å². The van der Waals surface area contributed by atoms with Crippen molar-refractivity contribution in [2.75, 3.05) is 37.6 Å². The number of benzene rings is 1. The first-order chi connectivity index (χ1) is 12.5. The Hall–Kier alpha value is -1.95. The van der Waals surface area contributed by atoms with Crippen LogP contribution in [0.4, 0.5) is 5.69 Å². The molecular weight excluding hydrogens is 350 g/mol. The Balaban J connectivity index is 1.83. The second-order valence-electron chi connectivity index (χ2n) is 6.76. The van der Waals surface area contributed by atoms with Crippen molar-refractivity contribution >= 4 is 29.2 Å². The van der Waals surface area contributed by atoms with E-state index in [0.29, 0.717) is 19.1 Å². The van der Waals surface area contributed by atoms with Gasteiger partial charge in [-0.2, -0.15) is 0 Å². The number of nitrogens with one attached hydrogen (secondary N) is 3. The first kappa shape index (κ1) is 20.4. The average molecular weight is 380 g/mol. The largest absolute Gasteiger partial charge is 0.369 e. The van der Waals surface area contributed by atoms with Gasteiger partial charge >= 0.3 is 0 Å². The molecule has 1 aliphatic heterocycles. The Morgan fingerprint density at radius 3 is 2.88 bits per heavy atom. The SMILES string of the molecule is CCNC(=NCCNC(=O)C(C)C)NC1CCN(c2cccc(Cl)c2)C1. The van der Waals surface area contributed by atoms with Crippen molar-refractivity contribution in [1.29, 1.82) is 0 Å². The van der Waals surface area contributed by atoms with Gasteiger partial charge in [0.15, 0.2) is 5.96 Å². The van der Waals surface area contributed by atoms with Gasteiger partial charge in [-0.15, -0.1) is 0 Å². The van der Waals surface area contributed by atoms with Gasteiger partial charge in [0.05, 0.1) is 6.54 Å². The Kier molecular flexibility index (Phi) is 8.04. The van der Waals surface area contributed by atoms with E-state index >= 15 is 0 Å². The van der Waals surface area contributed by atoms with Gasteiger partial charge < -0.3 is 20.9 Å². The number of anilines is 1. The summed E-state index contributed by atoms with van der Waals surface area (Å²) < 4.78 is 0. The minimum Gasteiger partial charge on any atom is -0.369 e. The summed E-state index contributed by atoms with van der Waals surface area (Å²) in [7, 11) is 0. The molecule has 144 valence electrons. The lowest BCUT2D eigenvalue weighted by Crippen LogP contribution is -2.45. The van der Waals surface area contributed by atoms with Gasteiger partial charge in [0, 0.05) is 48.8 Å². The molecule has 1 aliphatic rings. The molecule has 1 aromatic rings. The van der Waals surface area contributed by atoms with Gasteiger partial charge in [-0.3, -0.25) is 9.79 Å². The Bertz CT molecular complexity index is 620. The number of rotatable bonds is 7. The summed E-state index contributed by atoms with van der Waals surface area (Å²) in [5.41, 5.74) is 1.15. The predicted molar refractivity (Wildman–Crippen MR) is 109 cm³/mol. The summed E-state index contributed by atoms with van der Waals surface area (Å²) in [6, 6.07) is 8.29. The van der Waals surface area contributed by atoms with E-state index in [4.69, 9.17) is 11.6 Å². The fourth-order valence-electron chi connectivity index (χ4n) is 2.85. The number of hydrogen-bond donors (Lipinski definition) is 3. The number of nitrogens with zero attached hydrogens (tertiary/aromatic N) is 2. The standard InChI is InChI=1S/C19H30ClN5O/c1-4-21-19(23-10-9-22-18(26)14(2)3)24-16-8-11-25(13-16)17-7-5-6-15(20)12-17/h5-7,12,14,16H,4,8-11,13H2,1-3H3,(H,22,26)(H2,21,23,24). The van der Waals surface area contributed by atoms with E-state index in [0.717, 1.165) is 42.7 Å². The lowest BCUT2D eigenvalue weighted by molar-refractivity contribution is -0.123. The quantitative estimate of drug-likeness (QED) is 0.386. The molecule has 0 aromatic heterocycles. The van der Waals surface area contributed by atoms with Crippen molar-refractivity contribution in [3.63, 3.8) is 0 Å². The molecule has 0 radical (unpaired) electrons. The van der Waals surface area contributed by atoms with Crippen molar-refractivity contribution in [2.24, 2.45) is 10.9 Å².